The summed E-state index contributed by atoms with van der Waals surface area (Å²) in [6, 6.07) is 16.3. The summed E-state index contributed by atoms with van der Waals surface area (Å²) in [5.41, 5.74) is 1.82. The molecule has 0 spiro atoms. The topological polar surface area (TPSA) is 90.5 Å². The van der Waals surface area contributed by atoms with E-state index in [2.05, 4.69) is 10.4 Å². The number of rotatable bonds is 3. The van der Waals surface area contributed by atoms with E-state index in [0.29, 0.717) is 20.8 Å². The summed E-state index contributed by atoms with van der Waals surface area (Å²) in [5.74, 6) is -0.366. The first-order chi connectivity index (χ1) is 16.8. The number of ether oxygens (including phenoxy) is 1. The van der Waals surface area contributed by atoms with Gasteiger partial charge < -0.3 is 10.1 Å². The normalized spacial score (nSPS) is 22.5. The van der Waals surface area contributed by atoms with Crippen molar-refractivity contribution in [1.82, 2.24) is 14.3 Å². The second kappa shape index (κ2) is 7.78. The Bertz CT molecular complexity index is 1650. The highest BCUT2D eigenvalue weighted by Crippen LogP contribution is 2.47. The summed E-state index contributed by atoms with van der Waals surface area (Å²) in [5, 5.41) is 7.37. The number of carbonyl (C=O) groups is 1. The zero-order chi connectivity index (χ0) is 24.3. The average Bonchev–Trinajstić information content (AvgIpc) is 3.30. The van der Waals surface area contributed by atoms with Gasteiger partial charge in [-0.3, -0.25) is 18.8 Å². The quantitative estimate of drug-likeness (QED) is 0.482. The number of para-hydroxylation sites is 2. The van der Waals surface area contributed by atoms with E-state index in [1.807, 2.05) is 87.8 Å². The zero-order valence-electron chi connectivity index (χ0n) is 19.4. The molecule has 35 heavy (non-hydrogen) atoms. The van der Waals surface area contributed by atoms with Gasteiger partial charge in [0.2, 0.25) is 11.6 Å². The van der Waals surface area contributed by atoms with Crippen molar-refractivity contribution in [2.75, 3.05) is 5.32 Å². The molecule has 2 bridgehead atoms. The number of anilines is 1. The highest BCUT2D eigenvalue weighted by atomic mass is 32.1. The van der Waals surface area contributed by atoms with Gasteiger partial charge in [0.05, 0.1) is 16.3 Å². The van der Waals surface area contributed by atoms with Gasteiger partial charge in [-0.1, -0.05) is 47.7 Å². The summed E-state index contributed by atoms with van der Waals surface area (Å²) in [4.78, 5) is 32.8. The maximum atomic E-state index is 13.8. The molecule has 4 heterocycles. The predicted octanol–water partition coefficient (Wildman–Crippen LogP) is 2.37. The minimum absolute atomic E-state index is 0.182. The first-order valence-electron chi connectivity index (χ1n) is 11.3. The number of fused-ring (bicyclic) bond motifs is 6. The maximum Gasteiger partial charge on any atom is 0.270 e. The molecule has 1 N–H and O–H groups in total. The van der Waals surface area contributed by atoms with Gasteiger partial charge in [-0.05, 0) is 38.1 Å². The van der Waals surface area contributed by atoms with Gasteiger partial charge in [0, 0.05) is 30.1 Å². The van der Waals surface area contributed by atoms with Crippen LogP contribution in [0.15, 0.2) is 70.6 Å². The van der Waals surface area contributed by atoms with Crippen LogP contribution >= 0.6 is 11.3 Å². The van der Waals surface area contributed by atoms with Gasteiger partial charge in [-0.2, -0.15) is 5.10 Å². The molecule has 2 aliphatic heterocycles. The van der Waals surface area contributed by atoms with E-state index >= 15 is 0 Å². The number of nitrogens with zero attached hydrogens (tertiary/aromatic N) is 4. The Morgan fingerprint density at radius 3 is 2.66 bits per heavy atom. The molecule has 6 rings (SSSR count). The molecule has 0 aliphatic carbocycles. The van der Waals surface area contributed by atoms with E-state index < -0.39 is 17.7 Å². The van der Waals surface area contributed by atoms with Gasteiger partial charge in [0.15, 0.2) is 4.80 Å². The van der Waals surface area contributed by atoms with Crippen LogP contribution in [0.2, 0.25) is 0 Å². The van der Waals surface area contributed by atoms with Crippen molar-refractivity contribution in [2.24, 2.45) is 18.0 Å². The summed E-state index contributed by atoms with van der Waals surface area (Å²) >= 11 is 1.30. The minimum Gasteiger partial charge on any atom is -0.465 e. The van der Waals surface area contributed by atoms with Crippen molar-refractivity contribution in [3.63, 3.8) is 0 Å². The molecule has 9 heteroatoms. The van der Waals surface area contributed by atoms with Gasteiger partial charge in [-0.25, -0.2) is 4.99 Å². The fraction of sp³-hybridized carbons (Fsp3) is 0.231. The van der Waals surface area contributed by atoms with Crippen molar-refractivity contribution >= 4 is 29.0 Å². The lowest BCUT2D eigenvalue weighted by atomic mass is 9.80. The Morgan fingerprint density at radius 2 is 1.91 bits per heavy atom. The number of hydrogen-bond donors (Lipinski definition) is 1. The number of nitrogens with one attached hydrogen (secondary N) is 1. The van der Waals surface area contributed by atoms with Crippen molar-refractivity contribution < 1.29 is 9.53 Å². The summed E-state index contributed by atoms with van der Waals surface area (Å²) in [6.07, 6.45) is 3.72. The molecule has 0 fully saturated rings. The standard InChI is InChI=1S/C26H23N5O3S/c1-15-16(14-30(3)29-15)13-20-24(33)31-22-18-11-7-8-12-19(18)34-26(2,28-25(31)35-20)21(22)23(32)27-17-9-5-4-6-10-17/h4-14,21-22H,1-3H3,(H,27,32)/b20-13-/t21-,22-,26-/m0/s1. The number of benzene rings is 2. The van der Waals surface area contributed by atoms with E-state index in [1.54, 1.807) is 9.25 Å². The van der Waals surface area contributed by atoms with Gasteiger partial charge >= 0.3 is 0 Å². The fourth-order valence-corrected chi connectivity index (χ4v) is 6.08. The monoisotopic (exact) mass is 485 g/mol. The maximum absolute atomic E-state index is 13.8. The lowest BCUT2D eigenvalue weighted by Crippen LogP contribution is -2.59. The molecule has 3 atom stereocenters. The van der Waals surface area contributed by atoms with Crippen LogP contribution in [0.1, 0.15) is 29.8 Å². The van der Waals surface area contributed by atoms with Crippen molar-refractivity contribution in [3.8, 4) is 5.75 Å². The molecular formula is C26H23N5O3S. The molecule has 2 aliphatic rings. The molecule has 2 aromatic heterocycles. The number of aromatic nitrogens is 3. The van der Waals surface area contributed by atoms with Crippen molar-refractivity contribution in [2.45, 2.75) is 25.6 Å². The van der Waals surface area contributed by atoms with Crippen LogP contribution in [-0.2, 0) is 11.8 Å². The van der Waals surface area contributed by atoms with Crippen LogP contribution in [0.5, 0.6) is 5.75 Å². The third-order valence-electron chi connectivity index (χ3n) is 6.54. The van der Waals surface area contributed by atoms with Crippen LogP contribution in [0.4, 0.5) is 5.69 Å². The van der Waals surface area contributed by atoms with Crippen LogP contribution in [0, 0.1) is 12.8 Å². The van der Waals surface area contributed by atoms with Crippen molar-refractivity contribution in [3.05, 3.63) is 97.3 Å². The summed E-state index contributed by atoms with van der Waals surface area (Å²) in [7, 11) is 1.85. The zero-order valence-corrected chi connectivity index (χ0v) is 20.2. The van der Waals surface area contributed by atoms with Crippen LogP contribution in [-0.4, -0.2) is 26.0 Å². The van der Waals surface area contributed by atoms with Crippen molar-refractivity contribution in [1.29, 1.82) is 0 Å². The Labute approximate surface area is 204 Å². The van der Waals surface area contributed by atoms with E-state index in [1.165, 1.54) is 11.3 Å². The molecule has 0 unspecified atom stereocenters. The summed E-state index contributed by atoms with van der Waals surface area (Å²) in [6.45, 7) is 3.72. The summed E-state index contributed by atoms with van der Waals surface area (Å²) < 4.78 is 10.3. The molecular weight excluding hydrogens is 462 g/mol. The number of thiazole rings is 1. The molecule has 0 saturated heterocycles. The third kappa shape index (κ3) is 3.42. The van der Waals surface area contributed by atoms with Gasteiger partial charge in [0.1, 0.15) is 11.7 Å². The van der Waals surface area contributed by atoms with E-state index in [4.69, 9.17) is 9.73 Å². The van der Waals surface area contributed by atoms with E-state index in [9.17, 15) is 9.59 Å². The average molecular weight is 486 g/mol. The Hall–Kier alpha value is -3.98. The smallest absolute Gasteiger partial charge is 0.270 e. The molecule has 8 nitrogen and oxygen atoms in total. The first kappa shape index (κ1) is 21.5. The number of hydrogen-bond acceptors (Lipinski definition) is 6. The highest BCUT2D eigenvalue weighted by molar-refractivity contribution is 7.07. The number of carbonyl (C=O) groups excluding carboxylic acids is 1. The Kier molecular flexibility index (Phi) is 4.79. The minimum atomic E-state index is -1.17. The number of amides is 1. The molecule has 176 valence electrons. The number of aryl methyl sites for hydroxylation is 2. The van der Waals surface area contributed by atoms with E-state index in [-0.39, 0.29) is 11.5 Å². The lowest BCUT2D eigenvalue weighted by molar-refractivity contribution is -0.131. The second-order valence-electron chi connectivity index (χ2n) is 9.00. The molecule has 4 aromatic rings. The fourth-order valence-electron chi connectivity index (χ4n) is 4.99. The Balaban J connectivity index is 1.55. The van der Waals surface area contributed by atoms with E-state index in [0.717, 1.165) is 16.8 Å². The van der Waals surface area contributed by atoms with Gasteiger partial charge in [-0.15, -0.1) is 0 Å². The molecule has 0 saturated carbocycles. The molecule has 0 radical (unpaired) electrons. The molecule has 2 aromatic carbocycles. The van der Waals surface area contributed by atoms with Gasteiger partial charge in [0.25, 0.3) is 5.56 Å². The largest absolute Gasteiger partial charge is 0.465 e. The molecule has 1 amide bonds. The predicted molar refractivity (Wildman–Crippen MR) is 133 cm³/mol. The van der Waals surface area contributed by atoms with Crippen LogP contribution < -0.4 is 24.9 Å². The SMILES string of the molecule is Cc1nn(C)cc1/C=c1\sc2n(c1=O)[C@H]1c3ccccc3O[C@](C)(N=2)[C@@H]1C(=O)Nc1ccccc1. The second-order valence-corrected chi connectivity index (χ2v) is 10.0. The van der Waals surface area contributed by atoms with Crippen LogP contribution in [0.3, 0.4) is 0 Å². The first-order valence-corrected chi connectivity index (χ1v) is 12.1. The highest BCUT2D eigenvalue weighted by Gasteiger charge is 2.55. The van der Waals surface area contributed by atoms with Crippen LogP contribution in [0.25, 0.3) is 6.08 Å². The Morgan fingerprint density at radius 1 is 1.17 bits per heavy atom. The third-order valence-corrected chi connectivity index (χ3v) is 7.52. The lowest BCUT2D eigenvalue weighted by Gasteiger charge is -2.45.